The second kappa shape index (κ2) is 10.7. The molecule has 9 heteroatoms. The van der Waals surface area contributed by atoms with Crippen LogP contribution in [0.25, 0.3) is 0 Å². The van der Waals surface area contributed by atoms with Gasteiger partial charge in [0.15, 0.2) is 5.13 Å². The van der Waals surface area contributed by atoms with Crippen LogP contribution in [0.4, 0.5) is 13.9 Å². The van der Waals surface area contributed by atoms with Crippen LogP contribution in [0.15, 0.2) is 18.5 Å². The first-order chi connectivity index (χ1) is 15.5. The molecule has 174 valence electrons. The summed E-state index contributed by atoms with van der Waals surface area (Å²) in [4.78, 5) is 26.0. The molecule has 2 aliphatic heterocycles. The zero-order valence-electron chi connectivity index (χ0n) is 18.5. The molecule has 2 aliphatic rings. The summed E-state index contributed by atoms with van der Waals surface area (Å²) in [5, 5.41) is 3.49. The van der Waals surface area contributed by atoms with E-state index in [4.69, 9.17) is 0 Å². The van der Waals surface area contributed by atoms with Crippen LogP contribution < -0.4 is 10.2 Å². The van der Waals surface area contributed by atoms with E-state index in [0.29, 0.717) is 10.9 Å². The highest BCUT2D eigenvalue weighted by Gasteiger charge is 2.29. The van der Waals surface area contributed by atoms with Crippen molar-refractivity contribution in [1.29, 1.82) is 0 Å². The summed E-state index contributed by atoms with van der Waals surface area (Å²) in [5.74, 6) is -0.989. The lowest BCUT2D eigenvalue weighted by molar-refractivity contribution is 0.0954. The summed E-state index contributed by atoms with van der Waals surface area (Å²) >= 11 is 1.35. The average molecular weight is 464 g/mol. The van der Waals surface area contributed by atoms with Gasteiger partial charge >= 0.3 is 0 Å². The summed E-state index contributed by atoms with van der Waals surface area (Å²) in [7, 11) is 0. The Hall–Kier alpha value is -2.13. The molecule has 1 amide bonds. The van der Waals surface area contributed by atoms with Gasteiger partial charge in [-0.05, 0) is 44.6 Å². The minimum absolute atomic E-state index is 0.00505. The molecule has 0 saturated carbocycles. The zero-order valence-corrected chi connectivity index (χ0v) is 19.3. The standard InChI is InChI=1S/C23H31F2N5OS/c1-2-4-16-5-3-8-30(15-16)18-6-9-29(10-7-18)23-28-14-21(32-23)22(31)27-13-20-19(25)11-17(24)12-26-20/h11-12,14,16,18H,2-10,13,15H2,1H3,(H,27,31)/t16-/m1/s1. The molecule has 2 aromatic rings. The molecule has 1 N–H and O–H groups in total. The Morgan fingerprint density at radius 2 is 2.00 bits per heavy atom. The molecule has 0 bridgehead atoms. The van der Waals surface area contributed by atoms with Gasteiger partial charge in [0, 0.05) is 31.7 Å². The smallest absolute Gasteiger partial charge is 0.263 e. The maximum atomic E-state index is 13.7. The highest BCUT2D eigenvalue weighted by molar-refractivity contribution is 7.17. The van der Waals surface area contributed by atoms with Crippen molar-refractivity contribution in [3.63, 3.8) is 0 Å². The second-order valence-corrected chi connectivity index (χ2v) is 9.79. The van der Waals surface area contributed by atoms with E-state index in [1.807, 2.05) is 0 Å². The van der Waals surface area contributed by atoms with Crippen molar-refractivity contribution in [2.24, 2.45) is 5.92 Å². The Labute approximate surface area is 192 Å². The quantitative estimate of drug-likeness (QED) is 0.666. The van der Waals surface area contributed by atoms with E-state index in [-0.39, 0.29) is 18.1 Å². The molecule has 1 atom stereocenters. The Morgan fingerprint density at radius 1 is 1.19 bits per heavy atom. The molecule has 2 aromatic heterocycles. The third-order valence-electron chi connectivity index (χ3n) is 6.52. The van der Waals surface area contributed by atoms with Gasteiger partial charge in [0.25, 0.3) is 5.91 Å². The lowest BCUT2D eigenvalue weighted by atomic mass is 9.91. The van der Waals surface area contributed by atoms with Crippen LogP contribution >= 0.6 is 11.3 Å². The number of nitrogens with zero attached hydrogens (tertiary/aromatic N) is 4. The van der Waals surface area contributed by atoms with Crippen molar-refractivity contribution in [2.45, 2.75) is 58.0 Å². The molecule has 0 radical (unpaired) electrons. The van der Waals surface area contributed by atoms with E-state index >= 15 is 0 Å². The van der Waals surface area contributed by atoms with E-state index in [9.17, 15) is 13.6 Å². The molecular weight excluding hydrogens is 432 g/mol. The van der Waals surface area contributed by atoms with Crippen LogP contribution in [0.1, 0.15) is 60.8 Å². The highest BCUT2D eigenvalue weighted by atomic mass is 32.1. The highest BCUT2D eigenvalue weighted by Crippen LogP contribution is 2.29. The zero-order chi connectivity index (χ0) is 22.5. The normalized spacial score (nSPS) is 20.5. The van der Waals surface area contributed by atoms with Crippen LogP contribution in [0.5, 0.6) is 0 Å². The van der Waals surface area contributed by atoms with E-state index in [1.165, 1.54) is 50.1 Å². The topological polar surface area (TPSA) is 61.4 Å². The number of amides is 1. The number of nitrogens with one attached hydrogen (secondary N) is 1. The van der Waals surface area contributed by atoms with E-state index in [0.717, 1.165) is 49.2 Å². The van der Waals surface area contributed by atoms with Crippen molar-refractivity contribution in [3.8, 4) is 0 Å². The number of carbonyl (C=O) groups is 1. The number of thiazole rings is 1. The molecule has 0 aromatic carbocycles. The Kier molecular flexibility index (Phi) is 7.67. The van der Waals surface area contributed by atoms with Crippen molar-refractivity contribution in [1.82, 2.24) is 20.2 Å². The third kappa shape index (κ3) is 5.61. The van der Waals surface area contributed by atoms with Crippen molar-refractivity contribution < 1.29 is 13.6 Å². The fourth-order valence-electron chi connectivity index (χ4n) is 4.84. The van der Waals surface area contributed by atoms with Gasteiger partial charge in [0.05, 0.1) is 24.6 Å². The van der Waals surface area contributed by atoms with Crippen LogP contribution in [-0.4, -0.2) is 53.0 Å². The predicted molar refractivity (Wildman–Crippen MR) is 122 cm³/mol. The molecule has 6 nitrogen and oxygen atoms in total. The van der Waals surface area contributed by atoms with Crippen molar-refractivity contribution in [2.75, 3.05) is 31.1 Å². The molecule has 4 rings (SSSR count). The first kappa shape index (κ1) is 23.0. The maximum Gasteiger partial charge on any atom is 0.263 e. The van der Waals surface area contributed by atoms with Crippen LogP contribution in [0.2, 0.25) is 0 Å². The number of hydrogen-bond donors (Lipinski definition) is 1. The number of piperidine rings is 2. The van der Waals surface area contributed by atoms with Crippen molar-refractivity contribution >= 4 is 22.4 Å². The number of hydrogen-bond acceptors (Lipinski definition) is 6. The number of aromatic nitrogens is 2. The molecule has 2 saturated heterocycles. The van der Waals surface area contributed by atoms with Gasteiger partial charge in [-0.2, -0.15) is 0 Å². The summed E-state index contributed by atoms with van der Waals surface area (Å²) in [6.07, 6.45) is 10.0. The monoisotopic (exact) mass is 463 g/mol. The van der Waals surface area contributed by atoms with Gasteiger partial charge in [0.2, 0.25) is 0 Å². The minimum atomic E-state index is -0.770. The molecule has 32 heavy (non-hydrogen) atoms. The molecule has 4 heterocycles. The van der Waals surface area contributed by atoms with Crippen LogP contribution in [0, 0.1) is 17.6 Å². The Morgan fingerprint density at radius 3 is 2.75 bits per heavy atom. The fraction of sp³-hybridized carbons (Fsp3) is 0.609. The van der Waals surface area contributed by atoms with E-state index < -0.39 is 11.6 Å². The van der Waals surface area contributed by atoms with E-state index in [1.54, 1.807) is 6.20 Å². The summed E-state index contributed by atoms with van der Waals surface area (Å²) in [6, 6.07) is 1.41. The third-order valence-corrected chi connectivity index (χ3v) is 7.57. The van der Waals surface area contributed by atoms with Crippen LogP contribution in [-0.2, 0) is 6.54 Å². The maximum absolute atomic E-state index is 13.7. The number of anilines is 1. The van der Waals surface area contributed by atoms with Crippen LogP contribution in [0.3, 0.4) is 0 Å². The molecule has 0 aliphatic carbocycles. The Balaban J connectivity index is 1.27. The minimum Gasteiger partial charge on any atom is -0.348 e. The van der Waals surface area contributed by atoms with Gasteiger partial charge in [-0.15, -0.1) is 0 Å². The molecular formula is C23H31F2N5OS. The van der Waals surface area contributed by atoms with Gasteiger partial charge in [-0.3, -0.25) is 14.7 Å². The molecule has 0 unspecified atom stereocenters. The first-order valence-corrected chi connectivity index (χ1v) is 12.4. The Bertz CT molecular complexity index is 914. The first-order valence-electron chi connectivity index (χ1n) is 11.6. The number of halogens is 2. The SMILES string of the molecule is CCC[C@@H]1CCCN(C2CCN(c3ncc(C(=O)NCc4ncc(F)cc4F)s3)CC2)C1. The van der Waals surface area contributed by atoms with Gasteiger partial charge in [0.1, 0.15) is 16.5 Å². The largest absolute Gasteiger partial charge is 0.348 e. The van der Waals surface area contributed by atoms with Gasteiger partial charge < -0.3 is 10.2 Å². The van der Waals surface area contributed by atoms with Gasteiger partial charge in [-0.1, -0.05) is 24.7 Å². The lowest BCUT2D eigenvalue weighted by Gasteiger charge is -2.42. The van der Waals surface area contributed by atoms with E-state index in [2.05, 4.69) is 32.0 Å². The fourth-order valence-corrected chi connectivity index (χ4v) is 5.72. The molecule has 0 spiro atoms. The number of pyridine rings is 1. The summed E-state index contributed by atoms with van der Waals surface area (Å²) < 4.78 is 26.7. The predicted octanol–water partition coefficient (Wildman–Crippen LogP) is 4.23. The molecule has 2 fully saturated rings. The summed E-state index contributed by atoms with van der Waals surface area (Å²) in [6.45, 7) is 6.52. The number of likely N-dealkylation sites (tertiary alicyclic amines) is 1. The van der Waals surface area contributed by atoms with Crippen molar-refractivity contribution in [3.05, 3.63) is 40.7 Å². The number of carbonyl (C=O) groups excluding carboxylic acids is 1. The average Bonchev–Trinajstić information content (AvgIpc) is 3.29. The number of rotatable bonds is 7. The lowest BCUT2D eigenvalue weighted by Crippen LogP contribution is -2.48. The van der Waals surface area contributed by atoms with Gasteiger partial charge in [-0.25, -0.2) is 13.8 Å². The summed E-state index contributed by atoms with van der Waals surface area (Å²) in [5.41, 5.74) is 0.00505. The second-order valence-electron chi connectivity index (χ2n) is 8.78.